The summed E-state index contributed by atoms with van der Waals surface area (Å²) in [5, 5.41) is 13.2. The summed E-state index contributed by atoms with van der Waals surface area (Å²) in [5.41, 5.74) is 0.902. The summed E-state index contributed by atoms with van der Waals surface area (Å²) in [5.74, 6) is 1.64. The lowest BCUT2D eigenvalue weighted by Crippen LogP contribution is -2.36. The number of aromatic nitrogens is 1. The van der Waals surface area contributed by atoms with Crippen LogP contribution in [0.2, 0.25) is 5.02 Å². The fourth-order valence-electron chi connectivity index (χ4n) is 1.90. The zero-order chi connectivity index (χ0) is 14.5. The van der Waals surface area contributed by atoms with Gasteiger partial charge in [-0.2, -0.15) is 0 Å². The van der Waals surface area contributed by atoms with E-state index in [2.05, 4.69) is 24.1 Å². The molecule has 0 unspecified atom stereocenters. The Bertz CT molecular complexity index is 554. The molecule has 1 aromatic carbocycles. The third-order valence-electron chi connectivity index (χ3n) is 3.18. The van der Waals surface area contributed by atoms with Crippen molar-refractivity contribution in [1.29, 1.82) is 0 Å². The van der Waals surface area contributed by atoms with E-state index in [1.165, 1.54) is 0 Å². The monoisotopic (exact) mass is 294 g/mol. The Hall–Kier alpha value is -1.36. The molecule has 0 aliphatic carbocycles. The van der Waals surface area contributed by atoms with E-state index in [4.69, 9.17) is 16.0 Å². The van der Waals surface area contributed by atoms with Crippen molar-refractivity contribution in [2.45, 2.75) is 26.4 Å². The molecule has 0 aliphatic rings. The zero-order valence-corrected chi connectivity index (χ0v) is 12.4. The van der Waals surface area contributed by atoms with Crippen LogP contribution in [0.1, 0.15) is 19.7 Å². The van der Waals surface area contributed by atoms with Gasteiger partial charge in [0.05, 0.1) is 19.3 Å². The molecule has 0 saturated heterocycles. The first kappa shape index (κ1) is 15.0. The number of halogens is 1. The minimum Gasteiger partial charge on any atom is -0.439 e. The lowest BCUT2D eigenvalue weighted by atomic mass is 10.1. The molecule has 1 atom stereocenters. The molecule has 0 amide bonds. The number of hydrogen-bond donors (Lipinski definition) is 2. The van der Waals surface area contributed by atoms with E-state index in [0.29, 0.717) is 29.1 Å². The van der Waals surface area contributed by atoms with E-state index >= 15 is 0 Å². The maximum atomic E-state index is 9.26. The van der Waals surface area contributed by atoms with Gasteiger partial charge < -0.3 is 14.8 Å². The third-order valence-corrected chi connectivity index (χ3v) is 3.41. The highest BCUT2D eigenvalue weighted by Crippen LogP contribution is 2.23. The zero-order valence-electron chi connectivity index (χ0n) is 11.6. The van der Waals surface area contributed by atoms with Crippen molar-refractivity contribution in [3.8, 4) is 11.3 Å². The van der Waals surface area contributed by atoms with Crippen LogP contribution in [-0.2, 0) is 6.54 Å². The summed E-state index contributed by atoms with van der Waals surface area (Å²) < 4.78 is 5.69. The first-order valence-electron chi connectivity index (χ1n) is 6.65. The van der Waals surface area contributed by atoms with Crippen molar-refractivity contribution in [2.24, 2.45) is 5.92 Å². The minimum absolute atomic E-state index is 0.0384. The van der Waals surface area contributed by atoms with Crippen LogP contribution in [-0.4, -0.2) is 22.7 Å². The van der Waals surface area contributed by atoms with Crippen LogP contribution in [0.5, 0.6) is 0 Å². The second-order valence-corrected chi connectivity index (χ2v) is 5.48. The Balaban J connectivity index is 2.02. The Kier molecular flexibility index (Phi) is 5.17. The number of nitrogens with one attached hydrogen (secondary N) is 1. The number of oxazole rings is 1. The number of aliphatic hydroxyl groups excluding tert-OH is 1. The fourth-order valence-corrected chi connectivity index (χ4v) is 2.09. The van der Waals surface area contributed by atoms with Gasteiger partial charge in [0.25, 0.3) is 0 Å². The van der Waals surface area contributed by atoms with Gasteiger partial charge in [-0.3, -0.25) is 0 Å². The lowest BCUT2D eigenvalue weighted by molar-refractivity contribution is 0.207. The summed E-state index contributed by atoms with van der Waals surface area (Å²) in [7, 11) is 0. The Morgan fingerprint density at radius 3 is 2.85 bits per heavy atom. The average molecular weight is 295 g/mol. The van der Waals surface area contributed by atoms with E-state index in [9.17, 15) is 5.11 Å². The van der Waals surface area contributed by atoms with Gasteiger partial charge in [-0.05, 0) is 18.1 Å². The predicted molar refractivity (Wildman–Crippen MR) is 79.5 cm³/mol. The van der Waals surface area contributed by atoms with Gasteiger partial charge in [0.15, 0.2) is 5.76 Å². The molecule has 5 heteroatoms. The van der Waals surface area contributed by atoms with E-state index in [0.717, 1.165) is 5.56 Å². The van der Waals surface area contributed by atoms with Crippen molar-refractivity contribution in [2.75, 3.05) is 6.61 Å². The summed E-state index contributed by atoms with van der Waals surface area (Å²) in [6.07, 6.45) is 1.69. The molecule has 0 radical (unpaired) electrons. The Morgan fingerprint density at radius 2 is 2.20 bits per heavy atom. The van der Waals surface area contributed by atoms with Gasteiger partial charge >= 0.3 is 0 Å². The highest BCUT2D eigenvalue weighted by Gasteiger charge is 2.13. The molecule has 2 rings (SSSR count). The Labute approximate surface area is 123 Å². The molecule has 0 saturated carbocycles. The van der Waals surface area contributed by atoms with E-state index in [1.54, 1.807) is 6.20 Å². The normalized spacial score (nSPS) is 12.8. The fraction of sp³-hybridized carbons (Fsp3) is 0.400. The summed E-state index contributed by atoms with van der Waals surface area (Å²) in [4.78, 5) is 4.23. The quantitative estimate of drug-likeness (QED) is 0.859. The Morgan fingerprint density at radius 1 is 1.40 bits per heavy atom. The largest absolute Gasteiger partial charge is 0.439 e. The standard InChI is InChI=1S/C15H19ClN2O2/c1-10(2)13(9-19)17-8-15-18-7-14(20-15)11-4-3-5-12(16)6-11/h3-7,10,13,17,19H,8-9H2,1-2H3/t13-/m1/s1. The molecule has 0 fully saturated rings. The van der Waals surface area contributed by atoms with Crippen molar-refractivity contribution >= 4 is 11.6 Å². The molecule has 2 aromatic rings. The highest BCUT2D eigenvalue weighted by atomic mass is 35.5. The molecule has 20 heavy (non-hydrogen) atoms. The molecule has 108 valence electrons. The van der Waals surface area contributed by atoms with Crippen LogP contribution in [0.3, 0.4) is 0 Å². The van der Waals surface area contributed by atoms with Crippen molar-refractivity contribution in [1.82, 2.24) is 10.3 Å². The molecule has 4 nitrogen and oxygen atoms in total. The first-order valence-corrected chi connectivity index (χ1v) is 7.03. The number of benzene rings is 1. The second-order valence-electron chi connectivity index (χ2n) is 5.04. The van der Waals surface area contributed by atoms with Gasteiger partial charge in [-0.1, -0.05) is 37.6 Å². The van der Waals surface area contributed by atoms with Gasteiger partial charge in [0.2, 0.25) is 5.89 Å². The predicted octanol–water partition coefficient (Wildman–Crippen LogP) is 3.10. The SMILES string of the molecule is CC(C)[C@@H](CO)NCc1ncc(-c2cccc(Cl)c2)o1. The maximum absolute atomic E-state index is 9.26. The van der Waals surface area contributed by atoms with Crippen molar-refractivity contribution in [3.63, 3.8) is 0 Å². The highest BCUT2D eigenvalue weighted by molar-refractivity contribution is 6.30. The molecule has 1 aromatic heterocycles. The molecule has 1 heterocycles. The number of nitrogens with zero attached hydrogens (tertiary/aromatic N) is 1. The van der Waals surface area contributed by atoms with E-state index in [1.807, 2.05) is 24.3 Å². The van der Waals surface area contributed by atoms with E-state index < -0.39 is 0 Å². The lowest BCUT2D eigenvalue weighted by Gasteiger charge is -2.18. The summed E-state index contributed by atoms with van der Waals surface area (Å²) in [6.45, 7) is 4.70. The van der Waals surface area contributed by atoms with Gasteiger partial charge in [-0.15, -0.1) is 0 Å². The minimum atomic E-state index is 0.0384. The second kappa shape index (κ2) is 6.88. The van der Waals surface area contributed by atoms with Gasteiger partial charge in [-0.25, -0.2) is 4.98 Å². The van der Waals surface area contributed by atoms with Crippen LogP contribution in [0.25, 0.3) is 11.3 Å². The molecule has 0 spiro atoms. The van der Waals surface area contributed by atoms with Crippen molar-refractivity contribution < 1.29 is 9.52 Å². The van der Waals surface area contributed by atoms with Crippen LogP contribution in [0.15, 0.2) is 34.9 Å². The number of rotatable bonds is 6. The first-order chi connectivity index (χ1) is 9.60. The summed E-state index contributed by atoms with van der Waals surface area (Å²) >= 11 is 5.96. The van der Waals surface area contributed by atoms with Gasteiger partial charge in [0, 0.05) is 16.6 Å². The molecule has 0 aliphatic heterocycles. The van der Waals surface area contributed by atoms with Crippen molar-refractivity contribution in [3.05, 3.63) is 41.4 Å². The van der Waals surface area contributed by atoms with E-state index in [-0.39, 0.29) is 12.6 Å². The maximum Gasteiger partial charge on any atom is 0.208 e. The van der Waals surface area contributed by atoms with Crippen LogP contribution in [0.4, 0.5) is 0 Å². The number of aliphatic hydroxyl groups is 1. The molecular formula is C15H19ClN2O2. The molecule has 2 N–H and O–H groups in total. The number of hydrogen-bond acceptors (Lipinski definition) is 4. The molecular weight excluding hydrogens is 276 g/mol. The van der Waals surface area contributed by atoms with Crippen LogP contribution >= 0.6 is 11.6 Å². The smallest absolute Gasteiger partial charge is 0.208 e. The summed E-state index contributed by atoms with van der Waals surface area (Å²) in [6, 6.07) is 7.49. The molecule has 0 bridgehead atoms. The topological polar surface area (TPSA) is 58.3 Å². The van der Waals surface area contributed by atoms with Crippen LogP contribution < -0.4 is 5.32 Å². The van der Waals surface area contributed by atoms with Gasteiger partial charge in [0.1, 0.15) is 0 Å². The third kappa shape index (κ3) is 3.82. The van der Waals surface area contributed by atoms with Crippen LogP contribution in [0, 0.1) is 5.92 Å². The average Bonchev–Trinajstić information content (AvgIpc) is 2.88.